The molecule has 0 aliphatic heterocycles. The van der Waals surface area contributed by atoms with Crippen molar-refractivity contribution in [2.45, 2.75) is 58.5 Å². The van der Waals surface area contributed by atoms with Crippen molar-refractivity contribution in [1.82, 2.24) is 24.7 Å². The van der Waals surface area contributed by atoms with E-state index in [2.05, 4.69) is 117 Å². The number of halogens is 3. The minimum absolute atomic E-state index is 0.0184. The lowest BCUT2D eigenvalue weighted by molar-refractivity contribution is -0.156. The molecular formula is C41H34F3N5O. The number of benzene rings is 4. The number of fused-ring (bicyclic) bond motifs is 5. The van der Waals surface area contributed by atoms with Crippen LogP contribution in [0.5, 0.6) is 0 Å². The normalized spacial score (nSPS) is 12.9. The first kappa shape index (κ1) is 31.7. The van der Waals surface area contributed by atoms with E-state index in [1.807, 2.05) is 24.4 Å². The Morgan fingerprint density at radius 3 is 2.14 bits per heavy atom. The van der Waals surface area contributed by atoms with Gasteiger partial charge in [0.15, 0.2) is 5.65 Å². The first-order valence-electron chi connectivity index (χ1n) is 16.5. The summed E-state index contributed by atoms with van der Waals surface area (Å²) in [5.41, 5.74) is 8.12. The zero-order valence-electron chi connectivity index (χ0n) is 28.5. The standard InChI is InChI=1S/C41H34F3N5O/c1-39(2,3)28-16-26(15-27(17-28)33-19-23-9-7-8-10-25(23)22-45-33)29-13-14-32(40(4,5)6)30-12-11-24(18-31(29)30)34-20-35-38(48-47-34)49-37(46-35)21-36(50-49)41(42,43)44/h7-22H,1-6H3. The molecule has 0 saturated heterocycles. The molecule has 0 fully saturated rings. The Kier molecular flexibility index (Phi) is 6.95. The molecular weight excluding hydrogens is 635 g/mol. The average molecular weight is 670 g/mol. The van der Waals surface area contributed by atoms with E-state index in [1.165, 1.54) is 11.1 Å². The fourth-order valence-electron chi connectivity index (χ4n) is 6.60. The predicted octanol–water partition coefficient (Wildman–Crippen LogP) is 11.2. The van der Waals surface area contributed by atoms with E-state index in [1.54, 1.807) is 6.07 Å². The van der Waals surface area contributed by atoms with Crippen LogP contribution in [0.25, 0.3) is 72.0 Å². The summed E-state index contributed by atoms with van der Waals surface area (Å²) in [6.07, 6.45) is -2.70. The molecule has 50 heavy (non-hydrogen) atoms. The summed E-state index contributed by atoms with van der Waals surface area (Å²) in [6.45, 7) is 13.3. The molecule has 4 aromatic carbocycles. The molecule has 0 aliphatic carbocycles. The van der Waals surface area contributed by atoms with Gasteiger partial charge in [-0.05, 0) is 79.6 Å². The van der Waals surface area contributed by atoms with E-state index >= 15 is 0 Å². The Hall–Kier alpha value is -5.57. The summed E-state index contributed by atoms with van der Waals surface area (Å²) in [5, 5.41) is 13.1. The van der Waals surface area contributed by atoms with E-state index in [0.717, 1.165) is 60.1 Å². The summed E-state index contributed by atoms with van der Waals surface area (Å²) in [7, 11) is 0. The zero-order chi connectivity index (χ0) is 35.2. The van der Waals surface area contributed by atoms with Gasteiger partial charge in [0.1, 0.15) is 5.52 Å². The average Bonchev–Trinajstić information content (AvgIpc) is 3.65. The molecule has 6 nitrogen and oxygen atoms in total. The van der Waals surface area contributed by atoms with Gasteiger partial charge in [-0.3, -0.25) is 4.98 Å². The number of imidazole rings is 1. The van der Waals surface area contributed by atoms with Crippen LogP contribution in [-0.4, -0.2) is 24.7 Å². The number of hydrogen-bond donors (Lipinski definition) is 0. The van der Waals surface area contributed by atoms with Crippen LogP contribution < -0.4 is 0 Å². The maximum Gasteiger partial charge on any atom is 0.452 e. The lowest BCUT2D eigenvalue weighted by Crippen LogP contribution is -2.12. The molecule has 9 heteroatoms. The van der Waals surface area contributed by atoms with Gasteiger partial charge in [0.2, 0.25) is 11.4 Å². The first-order valence-corrected chi connectivity index (χ1v) is 16.5. The molecule has 4 heterocycles. The van der Waals surface area contributed by atoms with Crippen molar-refractivity contribution >= 4 is 38.4 Å². The number of hydrogen-bond acceptors (Lipinski definition) is 5. The molecule has 0 aliphatic rings. The summed E-state index contributed by atoms with van der Waals surface area (Å²) in [4.78, 5) is 9.23. The van der Waals surface area contributed by atoms with Crippen LogP contribution in [0.3, 0.4) is 0 Å². The van der Waals surface area contributed by atoms with Crippen LogP contribution >= 0.6 is 0 Å². The quantitative estimate of drug-likeness (QED) is 0.187. The molecule has 8 rings (SSSR count). The van der Waals surface area contributed by atoms with Crippen LogP contribution in [0, 0.1) is 0 Å². The molecule has 0 spiro atoms. The molecule has 0 saturated carbocycles. The van der Waals surface area contributed by atoms with E-state index in [9.17, 15) is 13.2 Å². The van der Waals surface area contributed by atoms with Gasteiger partial charge in [-0.15, -0.1) is 14.8 Å². The van der Waals surface area contributed by atoms with Crippen LogP contribution in [-0.2, 0) is 17.0 Å². The summed E-state index contributed by atoms with van der Waals surface area (Å²) in [5.74, 6) is -1.14. The molecule has 8 aromatic rings. The molecule has 250 valence electrons. The third kappa shape index (κ3) is 5.47. The van der Waals surface area contributed by atoms with Crippen molar-refractivity contribution in [2.75, 3.05) is 0 Å². The number of alkyl halides is 3. The van der Waals surface area contributed by atoms with E-state index in [-0.39, 0.29) is 22.1 Å². The van der Waals surface area contributed by atoms with E-state index in [4.69, 9.17) is 9.51 Å². The number of nitrogens with zero attached hydrogens (tertiary/aromatic N) is 5. The van der Waals surface area contributed by atoms with Gasteiger partial charge in [0, 0.05) is 28.8 Å². The Balaban J connectivity index is 1.31. The Morgan fingerprint density at radius 1 is 0.640 bits per heavy atom. The highest BCUT2D eigenvalue weighted by Gasteiger charge is 2.36. The van der Waals surface area contributed by atoms with Crippen molar-refractivity contribution in [3.8, 4) is 33.6 Å². The second-order valence-corrected chi connectivity index (χ2v) is 14.9. The highest BCUT2D eigenvalue weighted by atomic mass is 19.4. The largest absolute Gasteiger partial charge is 0.452 e. The second kappa shape index (κ2) is 11.0. The van der Waals surface area contributed by atoms with Crippen LogP contribution in [0.4, 0.5) is 13.2 Å². The van der Waals surface area contributed by atoms with Crippen LogP contribution in [0.1, 0.15) is 58.4 Å². The zero-order valence-corrected chi connectivity index (χ0v) is 28.5. The third-order valence-corrected chi connectivity index (χ3v) is 9.28. The van der Waals surface area contributed by atoms with Gasteiger partial charge in [0.05, 0.1) is 11.4 Å². The third-order valence-electron chi connectivity index (χ3n) is 9.28. The van der Waals surface area contributed by atoms with Gasteiger partial charge < -0.3 is 4.52 Å². The Bertz CT molecular complexity index is 2620. The lowest BCUT2D eigenvalue weighted by Gasteiger charge is -2.24. The summed E-state index contributed by atoms with van der Waals surface area (Å²) < 4.78 is 45.7. The van der Waals surface area contributed by atoms with Gasteiger partial charge in [0.25, 0.3) is 0 Å². The highest BCUT2D eigenvalue weighted by molar-refractivity contribution is 6.02. The van der Waals surface area contributed by atoms with Crippen LogP contribution in [0.15, 0.2) is 102 Å². The van der Waals surface area contributed by atoms with Gasteiger partial charge in [-0.2, -0.15) is 13.2 Å². The molecule has 0 N–H and O–H groups in total. The smallest absolute Gasteiger partial charge is 0.366 e. The molecule has 4 aromatic heterocycles. The summed E-state index contributed by atoms with van der Waals surface area (Å²) >= 11 is 0. The second-order valence-electron chi connectivity index (χ2n) is 14.9. The maximum absolute atomic E-state index is 13.2. The number of aromatic nitrogens is 5. The van der Waals surface area contributed by atoms with Gasteiger partial charge >= 0.3 is 6.18 Å². The molecule has 0 bridgehead atoms. The Labute approximate surface area is 286 Å². The van der Waals surface area contributed by atoms with E-state index < -0.39 is 11.9 Å². The maximum atomic E-state index is 13.2. The summed E-state index contributed by atoms with van der Waals surface area (Å²) in [6, 6.07) is 30.4. The molecule has 0 unspecified atom stereocenters. The minimum Gasteiger partial charge on any atom is -0.366 e. The topological polar surface area (TPSA) is 69.1 Å². The van der Waals surface area contributed by atoms with Crippen molar-refractivity contribution in [1.29, 1.82) is 0 Å². The van der Waals surface area contributed by atoms with Gasteiger partial charge in [-0.25, -0.2) is 4.98 Å². The highest BCUT2D eigenvalue weighted by Crippen LogP contribution is 2.41. The fourth-order valence-corrected chi connectivity index (χ4v) is 6.60. The van der Waals surface area contributed by atoms with Crippen LogP contribution in [0.2, 0.25) is 0 Å². The molecule has 0 amide bonds. The first-order chi connectivity index (χ1) is 23.6. The van der Waals surface area contributed by atoms with Crippen molar-refractivity contribution < 1.29 is 17.7 Å². The van der Waals surface area contributed by atoms with Crippen molar-refractivity contribution in [3.05, 3.63) is 114 Å². The van der Waals surface area contributed by atoms with Crippen molar-refractivity contribution in [3.63, 3.8) is 0 Å². The lowest BCUT2D eigenvalue weighted by atomic mass is 9.80. The Morgan fingerprint density at radius 2 is 1.40 bits per heavy atom. The van der Waals surface area contributed by atoms with E-state index in [0.29, 0.717) is 11.2 Å². The number of rotatable bonds is 3. The van der Waals surface area contributed by atoms with Gasteiger partial charge in [-0.1, -0.05) is 96.1 Å². The number of pyridine rings is 1. The minimum atomic E-state index is -4.63. The monoisotopic (exact) mass is 669 g/mol. The molecule has 0 atom stereocenters. The SMILES string of the molecule is CC(C)(C)c1cc(-c2cc3ccccc3cn2)cc(-c2ccc(C(C)(C)C)c3ccc(-c4cc5nc6cc(C(F)(F)F)on6c5nn4)cc23)c1. The fraction of sp³-hybridized carbons (Fsp3) is 0.220. The molecule has 0 radical (unpaired) electrons. The predicted molar refractivity (Wildman–Crippen MR) is 192 cm³/mol. The van der Waals surface area contributed by atoms with Crippen molar-refractivity contribution in [2.24, 2.45) is 0 Å².